The number of ether oxygens (including phenoxy) is 3. The number of pyridine rings is 4. The first kappa shape index (κ1) is 116. The van der Waals surface area contributed by atoms with Crippen LogP contribution in [-0.4, -0.2) is 125 Å². The maximum absolute atomic E-state index is 13.6. The summed E-state index contributed by atoms with van der Waals surface area (Å²) < 4.78 is 129. The molecule has 4 amide bonds. The van der Waals surface area contributed by atoms with E-state index in [1.165, 1.54) is 94.8 Å². The summed E-state index contributed by atoms with van der Waals surface area (Å²) in [6.45, 7) is 26.1. The normalized spacial score (nSPS) is 12.0. The van der Waals surface area contributed by atoms with E-state index in [9.17, 15) is 74.0 Å². The maximum Gasteiger partial charge on any atom is 1.00 e. The molecule has 16 rings (SSSR count). The van der Waals surface area contributed by atoms with E-state index in [0.29, 0.717) is 123 Å². The smallest absolute Gasteiger partial charge is 0.478 e. The van der Waals surface area contributed by atoms with Gasteiger partial charge in [0.05, 0.1) is 83.1 Å². The summed E-state index contributed by atoms with van der Waals surface area (Å²) >= 11 is 6.48. The van der Waals surface area contributed by atoms with Gasteiger partial charge < -0.3 is 71.2 Å². The average Bonchev–Trinajstić information content (AvgIpc) is 1.61. The van der Waals surface area contributed by atoms with E-state index in [2.05, 4.69) is 40.1 Å². The second kappa shape index (κ2) is 49.1. The number of allylic oxidation sites excluding steroid dienone is 4. The van der Waals surface area contributed by atoms with Gasteiger partial charge in [0.2, 0.25) is 22.9 Å². The first-order chi connectivity index (χ1) is 70.4. The van der Waals surface area contributed by atoms with Gasteiger partial charge in [-0.25, -0.2) is 56.7 Å². The van der Waals surface area contributed by atoms with E-state index in [0.717, 1.165) is 70.6 Å². The monoisotopic (exact) mass is 2090 g/mol. The number of hydrogen-bond acceptors (Lipinski definition) is 19. The minimum atomic E-state index is -4.70. The van der Waals surface area contributed by atoms with Gasteiger partial charge in [-0.1, -0.05) is 101 Å². The molecule has 0 aliphatic rings. The van der Waals surface area contributed by atoms with E-state index < -0.39 is 76.5 Å². The molecule has 0 aliphatic heterocycles. The molecule has 0 saturated carbocycles. The standard InChI is InChI=1S/C30H31FN2O4.C30H29FN2O4.C26H22ClFN2O4.C26H23FN2O4.C4H7BF3.K/c2*1-7-17(2)25-22(19-9-8-10-20(15-19)29(35)37-30(3,4)5)16-23-24(27(34)32-6)26(36-28(23)33-25)18-11-13-21(31)14-12-18;1-26(2,3)34-25(32)16-7-5-6-15(12-16)18-13-19-20(23(31)29-4)21(33-24(19)30-22(18)27)14-8-10-17(28)11-9-14;1-4-14(2)22-19(16-6-5-7-17(12-16)26(31)32)13-20-21(24(30)28-3)23(33-25(20)29-22)15-8-10-18(27)11-9-15;1-3-4(2)5(6,7)8;/h8-17H,7H2,1-6H3,(H,32,34);7-16H,1-6H3,(H,32,34);5-13H,1-4H3,(H,29,31);5-14H,4H2,1-3H3,(H,28,30)(H,31,32);3H,1-2H3;/q;;;;-1;+1/b;17-7+;;;4-3+;. The number of nitrogens with one attached hydrogen (secondary N) is 4. The van der Waals surface area contributed by atoms with Crippen molar-refractivity contribution >= 4 is 116 Å². The Morgan fingerprint density at radius 3 is 0.900 bits per heavy atom. The average molecular weight is 2090 g/mol. The predicted octanol–water partition coefficient (Wildman–Crippen LogP) is 25.7. The molecule has 0 fully saturated rings. The third-order valence-corrected chi connectivity index (χ3v) is 24.1. The van der Waals surface area contributed by atoms with Crippen LogP contribution in [0.4, 0.5) is 30.5 Å². The Morgan fingerprint density at radius 2 is 0.640 bits per heavy atom. The molecule has 16 aromatic rings. The zero-order chi connectivity index (χ0) is 109. The first-order valence-electron chi connectivity index (χ1n) is 47.7. The fourth-order valence-electron chi connectivity index (χ4n) is 15.6. The summed E-state index contributed by atoms with van der Waals surface area (Å²) in [7, 11) is 6.10. The van der Waals surface area contributed by atoms with Crippen LogP contribution in [0.15, 0.2) is 254 Å². The van der Waals surface area contributed by atoms with Crippen molar-refractivity contribution < 1.29 is 157 Å². The van der Waals surface area contributed by atoms with Gasteiger partial charge in [0.15, 0.2) is 0 Å². The number of rotatable bonds is 22. The van der Waals surface area contributed by atoms with Gasteiger partial charge in [0, 0.05) is 72.7 Å². The molecular weight excluding hydrogens is 1980 g/mol. The first-order valence-corrected chi connectivity index (χ1v) is 48.1. The van der Waals surface area contributed by atoms with Crippen molar-refractivity contribution in [3.05, 3.63) is 326 Å². The molecule has 8 aromatic carbocycles. The van der Waals surface area contributed by atoms with E-state index >= 15 is 0 Å². The number of esters is 3. The van der Waals surface area contributed by atoms with Gasteiger partial charge in [0.25, 0.3) is 23.6 Å². The summed E-state index contributed by atoms with van der Waals surface area (Å²) in [5.74, 6) is -4.08. The van der Waals surface area contributed by atoms with Crippen LogP contribution in [0.25, 0.3) is 140 Å². The van der Waals surface area contributed by atoms with Crippen molar-refractivity contribution in [1.82, 2.24) is 41.2 Å². The van der Waals surface area contributed by atoms with Crippen molar-refractivity contribution in [2.75, 3.05) is 28.2 Å². The number of fused-ring (bicyclic) bond motifs is 4. The maximum atomic E-state index is 13.6. The molecule has 8 aromatic heterocycles. The van der Waals surface area contributed by atoms with Crippen molar-refractivity contribution in [3.63, 3.8) is 0 Å². The minimum absolute atomic E-state index is 0. The Labute approximate surface area is 910 Å². The van der Waals surface area contributed by atoms with Gasteiger partial charge in [-0.3, -0.25) is 19.2 Å². The zero-order valence-corrected chi connectivity index (χ0v) is 90.8. The molecule has 2 unspecified atom stereocenters. The second-order valence-electron chi connectivity index (χ2n) is 37.9. The third-order valence-electron chi connectivity index (χ3n) is 23.8. The molecule has 150 heavy (non-hydrogen) atoms. The molecule has 34 heteroatoms. The van der Waals surface area contributed by atoms with Crippen molar-refractivity contribution in [2.45, 2.75) is 159 Å². The van der Waals surface area contributed by atoms with E-state index in [1.54, 1.807) is 143 Å². The Morgan fingerprint density at radius 1 is 0.380 bits per heavy atom. The number of aromatic carboxylic acids is 1. The molecule has 0 aliphatic carbocycles. The topological polar surface area (TPSA) is 337 Å². The molecule has 24 nitrogen and oxygen atoms in total. The van der Waals surface area contributed by atoms with E-state index in [-0.39, 0.29) is 126 Å². The van der Waals surface area contributed by atoms with Gasteiger partial charge >= 0.3 is 82.2 Å². The van der Waals surface area contributed by atoms with Gasteiger partial charge in [-0.05, 0) is 305 Å². The minimum Gasteiger partial charge on any atom is -0.478 e. The Kier molecular flexibility index (Phi) is 37.9. The fraction of sp³-hybridized carbons (Fsp3) is 0.241. The number of hydrogen-bond donors (Lipinski definition) is 5. The van der Waals surface area contributed by atoms with Gasteiger partial charge in [-0.2, -0.15) is 0 Å². The largest absolute Gasteiger partial charge is 1.00 e. The third kappa shape index (κ3) is 27.7. The van der Waals surface area contributed by atoms with Crippen LogP contribution < -0.4 is 72.7 Å². The Balaban J connectivity index is 0.000000185. The number of halogens is 8. The van der Waals surface area contributed by atoms with Crippen LogP contribution >= 0.6 is 11.6 Å². The molecule has 0 radical (unpaired) electrons. The van der Waals surface area contributed by atoms with E-state index in [4.69, 9.17) is 58.4 Å². The summed E-state index contributed by atoms with van der Waals surface area (Å²) in [5.41, 5.74) is 12.0. The van der Waals surface area contributed by atoms with Crippen LogP contribution in [0.5, 0.6) is 0 Å². The summed E-state index contributed by atoms with van der Waals surface area (Å²) in [4.78, 5) is 120. The van der Waals surface area contributed by atoms with Gasteiger partial charge in [0.1, 0.15) is 68.3 Å². The number of carbonyl (C=O) groups excluding carboxylic acids is 7. The van der Waals surface area contributed by atoms with Gasteiger partial charge in [-0.15, -0.1) is 11.5 Å². The predicted molar refractivity (Wildman–Crippen MR) is 566 cm³/mol. The molecule has 5 N–H and O–H groups in total. The number of benzene rings is 8. The molecule has 8 heterocycles. The Hall–Kier alpha value is -14.7. The fourth-order valence-corrected chi connectivity index (χ4v) is 15.9. The molecule has 772 valence electrons. The molecule has 0 spiro atoms. The number of aromatic nitrogens is 4. The zero-order valence-electron chi connectivity index (χ0n) is 87.0. The van der Waals surface area contributed by atoms with Crippen molar-refractivity contribution in [3.8, 4) is 89.8 Å². The number of furan rings is 4. The number of nitrogens with zero attached hydrogens (tertiary/aromatic N) is 4. The number of carbonyl (C=O) groups is 8. The molecule has 0 saturated heterocycles. The number of carboxylic acid groups (broad SMARTS) is 1. The van der Waals surface area contributed by atoms with Crippen LogP contribution in [0.3, 0.4) is 0 Å². The number of carboxylic acids is 1. The van der Waals surface area contributed by atoms with Crippen molar-refractivity contribution in [2.24, 2.45) is 0 Å². The van der Waals surface area contributed by atoms with Crippen LogP contribution in [0, 0.1) is 23.3 Å². The molecule has 2 atom stereocenters. The Bertz CT molecular complexity index is 7830. The van der Waals surface area contributed by atoms with Crippen LogP contribution in [0.2, 0.25) is 5.15 Å². The molecule has 0 bridgehead atoms. The van der Waals surface area contributed by atoms with Crippen LogP contribution in [0.1, 0.15) is 242 Å². The second-order valence-corrected chi connectivity index (χ2v) is 38.2. The quantitative estimate of drug-likeness (QED) is 0.0138. The van der Waals surface area contributed by atoms with Crippen LogP contribution in [-0.2, 0) is 14.2 Å². The van der Waals surface area contributed by atoms with Crippen molar-refractivity contribution in [1.29, 1.82) is 0 Å². The van der Waals surface area contributed by atoms with E-state index in [1.807, 2.05) is 112 Å². The number of amides is 4. The summed E-state index contributed by atoms with van der Waals surface area (Å²) in [6, 6.07) is 57.8. The SMILES string of the molecule is C/C=C(\C)[B-](F)(F)F.C/C=C(\C)c1nc2oc(-c3ccc(F)cc3)c(C(=O)NC)c2cc1-c1cccc(C(=O)OC(C)(C)C)c1.CCC(C)c1nc2oc(-c3ccc(F)cc3)c(C(=O)NC)c2cc1-c1cccc(C(=O)O)c1.CCC(C)c1nc2oc(-c3ccc(F)cc3)c(C(=O)NC)c2cc1-c1cccc(C(=O)OC(C)(C)C)c1.CNC(=O)c1c(-c2ccc(F)cc2)oc2nc(Cl)c(-c3cccc(C(=O)OC(C)(C)C)c3)cc12.[K+]. The summed E-state index contributed by atoms with van der Waals surface area (Å²) in [5, 5.41) is 22.1. The molecular formula is C116H112BClF7KN8O16. The summed E-state index contributed by atoms with van der Waals surface area (Å²) in [6.07, 6.45) is 4.63.